The van der Waals surface area contributed by atoms with Crippen LogP contribution in [0.1, 0.15) is 41.5 Å². The van der Waals surface area contributed by atoms with Gasteiger partial charge < -0.3 is 0 Å². The quantitative estimate of drug-likeness (QED) is 0.341. The molecule has 6 heteroatoms. The van der Waals surface area contributed by atoms with Crippen LogP contribution in [0.3, 0.4) is 0 Å². The van der Waals surface area contributed by atoms with Crippen molar-refractivity contribution in [2.24, 2.45) is 0 Å². The zero-order chi connectivity index (χ0) is 14.7. The number of halogens is 4. The Morgan fingerprint density at radius 1 is 0.944 bits per heavy atom. The summed E-state index contributed by atoms with van der Waals surface area (Å²) in [6, 6.07) is 0. The Kier molecular flexibility index (Phi) is 8.08. The normalized spacial score (nSPS) is 12.9. The van der Waals surface area contributed by atoms with Crippen LogP contribution in [0.2, 0.25) is 16.6 Å². The van der Waals surface area contributed by atoms with Crippen molar-refractivity contribution in [3.8, 4) is 11.5 Å². The summed E-state index contributed by atoms with van der Waals surface area (Å²) in [5.74, 6) is 2.32. The van der Waals surface area contributed by atoms with Crippen LogP contribution < -0.4 is 0 Å². The zero-order valence-corrected chi connectivity index (χ0v) is 19.3. The monoisotopic (exact) mass is 504 g/mol. The van der Waals surface area contributed by atoms with Gasteiger partial charge in [0, 0.05) is 0 Å². The molecule has 0 aromatic heterocycles. The first-order valence-corrected chi connectivity index (χ1v) is 24.8. The van der Waals surface area contributed by atoms with Gasteiger partial charge in [0.2, 0.25) is 0 Å². The Labute approximate surface area is 130 Å². The summed E-state index contributed by atoms with van der Waals surface area (Å²) in [6.45, 7) is 12.8. The van der Waals surface area contributed by atoms with Crippen molar-refractivity contribution in [2.45, 2.75) is 61.8 Å². The van der Waals surface area contributed by atoms with Crippen LogP contribution in [0.5, 0.6) is 0 Å². The Bertz CT molecular complexity index is 311. The van der Waals surface area contributed by atoms with E-state index in [4.69, 9.17) is 0 Å². The Balaban J connectivity index is 5.60. The van der Waals surface area contributed by atoms with Gasteiger partial charge in [-0.15, -0.1) is 0 Å². The minimum absolute atomic E-state index is 0.389. The minimum atomic E-state index is -3.10. The zero-order valence-electron chi connectivity index (χ0n) is 11.8. The molecule has 0 amide bonds. The van der Waals surface area contributed by atoms with Gasteiger partial charge in [-0.3, -0.25) is 0 Å². The SMILES string of the molecule is CC(C)[Si](C#C[C](F)(F)[In]([Br])[Br])(C(C)C)C(C)C. The van der Waals surface area contributed by atoms with Gasteiger partial charge in [0.15, 0.2) is 0 Å². The van der Waals surface area contributed by atoms with Crippen LogP contribution in [0, 0.1) is 11.5 Å². The van der Waals surface area contributed by atoms with Crippen molar-refractivity contribution in [2.75, 3.05) is 0 Å². The molecule has 0 N–H and O–H groups in total. The third-order valence-corrected chi connectivity index (χ3v) is 19.6. The van der Waals surface area contributed by atoms with E-state index in [2.05, 4.69) is 77.6 Å². The molecule has 0 fully saturated rings. The molecule has 0 saturated heterocycles. The average molecular weight is 506 g/mol. The maximum absolute atomic E-state index is 13.7. The molecule has 0 unspecified atom stereocenters. The van der Waals surface area contributed by atoms with E-state index < -0.39 is 28.5 Å². The fourth-order valence-electron chi connectivity index (χ4n) is 2.68. The van der Waals surface area contributed by atoms with Crippen LogP contribution in [-0.2, 0) is 0 Å². The predicted octanol–water partition coefficient (Wildman–Crippen LogP) is 5.66. The van der Waals surface area contributed by atoms with Crippen LogP contribution in [-0.4, -0.2) is 28.5 Å². The molecule has 0 aliphatic carbocycles. The van der Waals surface area contributed by atoms with Crippen molar-refractivity contribution in [3.05, 3.63) is 0 Å². The molecule has 0 rings (SSSR count). The molecular weight excluding hydrogens is 485 g/mol. The Morgan fingerprint density at radius 3 is 1.50 bits per heavy atom. The van der Waals surface area contributed by atoms with E-state index in [9.17, 15) is 8.78 Å². The van der Waals surface area contributed by atoms with E-state index in [0.29, 0.717) is 16.6 Å². The van der Waals surface area contributed by atoms with Crippen molar-refractivity contribution in [1.29, 1.82) is 0 Å². The van der Waals surface area contributed by atoms with Crippen molar-refractivity contribution < 1.29 is 8.78 Å². The summed E-state index contributed by atoms with van der Waals surface area (Å²) in [5.41, 5.74) is 4.25. The topological polar surface area (TPSA) is 0 Å². The van der Waals surface area contributed by atoms with Gasteiger partial charge in [-0.2, -0.15) is 0 Å². The fraction of sp³-hybridized carbons (Fsp3) is 0.833. The second kappa shape index (κ2) is 7.47. The maximum atomic E-state index is 13.7. The van der Waals surface area contributed by atoms with Crippen LogP contribution in [0.25, 0.3) is 0 Å². The average Bonchev–Trinajstić information content (AvgIpc) is 2.15. The van der Waals surface area contributed by atoms with Crippen LogP contribution in [0.4, 0.5) is 8.78 Å². The summed E-state index contributed by atoms with van der Waals surface area (Å²) < 4.78 is 24.6. The van der Waals surface area contributed by atoms with Crippen molar-refractivity contribution in [1.82, 2.24) is 0 Å². The number of hydrogen-bond acceptors (Lipinski definition) is 0. The molecule has 0 aromatic rings. The summed E-state index contributed by atoms with van der Waals surface area (Å²) >= 11 is 3.03. The second-order valence-electron chi connectivity index (χ2n) is 5.57. The van der Waals surface area contributed by atoms with Gasteiger partial charge >= 0.3 is 132 Å². The molecule has 0 saturated carbocycles. The first-order chi connectivity index (χ1) is 7.98. The Hall–Kier alpha value is 1.47. The van der Waals surface area contributed by atoms with E-state index in [1.807, 2.05) is 0 Å². The molecule has 0 bridgehead atoms. The second-order valence-corrected chi connectivity index (χ2v) is 35.5. The van der Waals surface area contributed by atoms with Crippen LogP contribution in [0.15, 0.2) is 0 Å². The number of hydrogen-bond donors (Lipinski definition) is 0. The molecule has 18 heavy (non-hydrogen) atoms. The molecule has 104 valence electrons. The first-order valence-electron chi connectivity index (χ1n) is 6.18. The van der Waals surface area contributed by atoms with E-state index in [1.54, 1.807) is 0 Å². The fourth-order valence-corrected chi connectivity index (χ4v) is 10.4. The van der Waals surface area contributed by atoms with Gasteiger partial charge in [0.05, 0.1) is 0 Å². The summed E-state index contributed by atoms with van der Waals surface area (Å²) in [5, 5.41) is 0. The summed E-state index contributed by atoms with van der Waals surface area (Å²) in [4.78, 5) is 0. The molecule has 0 aromatic carbocycles. The van der Waals surface area contributed by atoms with Gasteiger partial charge in [-0.05, 0) is 0 Å². The molecule has 0 spiro atoms. The van der Waals surface area contributed by atoms with Crippen LogP contribution >= 0.6 is 24.6 Å². The third kappa shape index (κ3) is 4.49. The molecular formula is C12H21Br2F2InSi. The summed E-state index contributed by atoms with van der Waals surface area (Å²) in [6.07, 6.45) is 0. The van der Waals surface area contributed by atoms with E-state index >= 15 is 0 Å². The number of rotatable bonds is 4. The van der Waals surface area contributed by atoms with Crippen molar-refractivity contribution >= 4 is 49.4 Å². The standard InChI is InChI=1S/C12H21F2Si.2BrH.In/c1-9(2)15(10(3)4,11(5)6)8-7-12(13)14;;;/h9-11H,1-6H3;2*1H;/q;;;+2/p-2. The first kappa shape index (κ1) is 19.5. The summed E-state index contributed by atoms with van der Waals surface area (Å²) in [7, 11) is -2.03. The Morgan fingerprint density at radius 2 is 1.28 bits per heavy atom. The molecule has 0 aliphatic rings. The number of alkyl halides is 2. The van der Waals surface area contributed by atoms with Gasteiger partial charge in [-0.1, -0.05) is 0 Å². The molecule has 0 radical (unpaired) electrons. The van der Waals surface area contributed by atoms with E-state index in [1.165, 1.54) is 0 Å². The van der Waals surface area contributed by atoms with Gasteiger partial charge in [0.1, 0.15) is 0 Å². The third-order valence-electron chi connectivity index (χ3n) is 3.59. The van der Waals surface area contributed by atoms with Crippen molar-refractivity contribution in [3.63, 3.8) is 0 Å². The van der Waals surface area contributed by atoms with Gasteiger partial charge in [0.25, 0.3) is 0 Å². The predicted molar refractivity (Wildman–Crippen MR) is 87.4 cm³/mol. The van der Waals surface area contributed by atoms with Gasteiger partial charge in [-0.25, -0.2) is 0 Å². The van der Waals surface area contributed by atoms with E-state index in [0.717, 1.165) is 0 Å². The molecule has 0 aliphatic heterocycles. The molecule has 0 atom stereocenters. The molecule has 0 heterocycles. The molecule has 0 nitrogen and oxygen atoms in total. The van der Waals surface area contributed by atoms with E-state index in [-0.39, 0.29) is 0 Å².